The highest BCUT2D eigenvalue weighted by Gasteiger charge is 2.50. The molecule has 186 valence electrons. The van der Waals surface area contributed by atoms with Crippen LogP contribution in [0.2, 0.25) is 0 Å². The van der Waals surface area contributed by atoms with Crippen LogP contribution in [-0.2, 0) is 17.8 Å². The van der Waals surface area contributed by atoms with E-state index in [2.05, 4.69) is 34.9 Å². The van der Waals surface area contributed by atoms with Crippen molar-refractivity contribution in [1.29, 1.82) is 0 Å². The number of methoxy groups -OCH3 is 1. The normalized spacial score (nSPS) is 21.6. The van der Waals surface area contributed by atoms with E-state index in [0.717, 1.165) is 17.0 Å². The van der Waals surface area contributed by atoms with Gasteiger partial charge in [0, 0.05) is 37.7 Å². The Labute approximate surface area is 212 Å². The van der Waals surface area contributed by atoms with Gasteiger partial charge in [-0.1, -0.05) is 60.7 Å². The summed E-state index contributed by atoms with van der Waals surface area (Å²) in [5, 5.41) is 6.58. The number of amides is 3. The number of rotatable bonds is 6. The van der Waals surface area contributed by atoms with Gasteiger partial charge in [-0.2, -0.15) is 0 Å². The number of ether oxygens (including phenoxy) is 1. The van der Waals surface area contributed by atoms with Crippen molar-refractivity contribution in [2.24, 2.45) is 0 Å². The predicted molar refractivity (Wildman–Crippen MR) is 140 cm³/mol. The third kappa shape index (κ3) is 5.06. The molecule has 36 heavy (non-hydrogen) atoms. The maximum Gasteiger partial charge on any atom is 0.322 e. The Morgan fingerprint density at radius 2 is 1.67 bits per heavy atom. The molecule has 2 heterocycles. The number of likely N-dealkylation sites (tertiary alicyclic amines) is 1. The van der Waals surface area contributed by atoms with Crippen molar-refractivity contribution in [2.75, 3.05) is 25.5 Å². The van der Waals surface area contributed by atoms with Crippen LogP contribution in [0.15, 0.2) is 84.9 Å². The molecule has 2 N–H and O–H groups in total. The molecule has 3 aromatic rings. The number of carbonyl (C=O) groups is 2. The minimum atomic E-state index is -0.469. The number of benzene rings is 3. The molecule has 7 heteroatoms. The van der Waals surface area contributed by atoms with Crippen molar-refractivity contribution in [2.45, 2.75) is 37.5 Å². The van der Waals surface area contributed by atoms with E-state index in [1.54, 1.807) is 7.11 Å². The van der Waals surface area contributed by atoms with Gasteiger partial charge in [0.25, 0.3) is 0 Å². The molecule has 0 radical (unpaired) electrons. The Morgan fingerprint density at radius 3 is 2.33 bits per heavy atom. The first-order chi connectivity index (χ1) is 17.6. The molecule has 5 rings (SSSR count). The van der Waals surface area contributed by atoms with Gasteiger partial charge in [-0.15, -0.1) is 0 Å². The molecular weight excluding hydrogens is 452 g/mol. The molecule has 3 aromatic carbocycles. The molecule has 2 unspecified atom stereocenters. The Morgan fingerprint density at radius 1 is 1.00 bits per heavy atom. The molecule has 3 amide bonds. The van der Waals surface area contributed by atoms with Crippen molar-refractivity contribution < 1.29 is 14.3 Å². The predicted octanol–water partition coefficient (Wildman–Crippen LogP) is 4.26. The number of nitrogens with zero attached hydrogens (tertiary/aromatic N) is 2. The van der Waals surface area contributed by atoms with Gasteiger partial charge in [-0.25, -0.2) is 4.79 Å². The van der Waals surface area contributed by atoms with Crippen molar-refractivity contribution in [3.05, 3.63) is 96.1 Å². The zero-order chi connectivity index (χ0) is 25.0. The monoisotopic (exact) mass is 484 g/mol. The van der Waals surface area contributed by atoms with Gasteiger partial charge in [-0.05, 0) is 41.8 Å². The van der Waals surface area contributed by atoms with Crippen LogP contribution in [0.25, 0.3) is 0 Å². The van der Waals surface area contributed by atoms with Crippen LogP contribution in [-0.4, -0.2) is 53.6 Å². The number of urea groups is 1. The summed E-state index contributed by atoms with van der Waals surface area (Å²) >= 11 is 0. The lowest BCUT2D eigenvalue weighted by atomic mass is 9.86. The first kappa shape index (κ1) is 23.9. The van der Waals surface area contributed by atoms with E-state index in [-0.39, 0.29) is 18.0 Å². The molecule has 1 spiro atoms. The molecule has 2 fully saturated rings. The highest BCUT2D eigenvalue weighted by Crippen LogP contribution is 2.36. The van der Waals surface area contributed by atoms with Gasteiger partial charge in [-0.3, -0.25) is 10.1 Å². The van der Waals surface area contributed by atoms with Crippen molar-refractivity contribution in [3.8, 4) is 5.75 Å². The third-order valence-electron chi connectivity index (χ3n) is 7.27. The molecule has 0 aromatic heterocycles. The third-order valence-corrected chi connectivity index (χ3v) is 7.27. The van der Waals surface area contributed by atoms with Gasteiger partial charge in [0.1, 0.15) is 5.75 Å². The van der Waals surface area contributed by atoms with Gasteiger partial charge in [0.05, 0.1) is 19.3 Å². The SMILES string of the molecule is COc1ccc(NC(=O)N2CCC3(CC2Cc2ccccc2)NCC(=O)N3Cc2ccccc2)cc1. The second kappa shape index (κ2) is 10.4. The van der Waals surface area contributed by atoms with Crippen LogP contribution in [0.3, 0.4) is 0 Å². The first-order valence-electron chi connectivity index (χ1n) is 12.4. The summed E-state index contributed by atoms with van der Waals surface area (Å²) < 4.78 is 5.23. The second-order valence-corrected chi connectivity index (χ2v) is 9.50. The number of anilines is 1. The summed E-state index contributed by atoms with van der Waals surface area (Å²) in [6.45, 7) is 1.43. The summed E-state index contributed by atoms with van der Waals surface area (Å²) in [4.78, 5) is 30.3. The molecule has 0 aliphatic carbocycles. The lowest BCUT2D eigenvalue weighted by Gasteiger charge is -2.48. The fourth-order valence-corrected chi connectivity index (χ4v) is 5.38. The summed E-state index contributed by atoms with van der Waals surface area (Å²) in [7, 11) is 1.62. The molecule has 2 aliphatic heterocycles. The number of hydrogen-bond acceptors (Lipinski definition) is 4. The van der Waals surface area contributed by atoms with Crippen LogP contribution in [0.1, 0.15) is 24.0 Å². The van der Waals surface area contributed by atoms with E-state index in [1.807, 2.05) is 70.5 Å². The van der Waals surface area contributed by atoms with Crippen molar-refractivity contribution in [1.82, 2.24) is 15.1 Å². The van der Waals surface area contributed by atoms with E-state index in [0.29, 0.717) is 38.9 Å². The van der Waals surface area contributed by atoms with E-state index >= 15 is 0 Å². The quantitative estimate of drug-likeness (QED) is 0.548. The van der Waals surface area contributed by atoms with Crippen LogP contribution >= 0.6 is 0 Å². The molecule has 7 nitrogen and oxygen atoms in total. The van der Waals surface area contributed by atoms with Gasteiger partial charge in [0.2, 0.25) is 5.91 Å². The Kier molecular flexibility index (Phi) is 6.91. The van der Waals surface area contributed by atoms with E-state index in [4.69, 9.17) is 4.74 Å². The lowest BCUT2D eigenvalue weighted by molar-refractivity contribution is -0.133. The maximum absolute atomic E-state index is 13.4. The topological polar surface area (TPSA) is 73.9 Å². The smallest absolute Gasteiger partial charge is 0.322 e. The maximum atomic E-state index is 13.4. The Bertz CT molecular complexity index is 1190. The molecule has 0 bridgehead atoms. The first-order valence-corrected chi connectivity index (χ1v) is 12.4. The van der Waals surface area contributed by atoms with Crippen LogP contribution in [0, 0.1) is 0 Å². The zero-order valence-electron chi connectivity index (χ0n) is 20.5. The fraction of sp³-hybridized carbons (Fsp3) is 0.310. The summed E-state index contributed by atoms with van der Waals surface area (Å²) in [6, 6.07) is 27.5. The average molecular weight is 485 g/mol. The molecule has 2 saturated heterocycles. The Balaban J connectivity index is 1.38. The zero-order valence-corrected chi connectivity index (χ0v) is 20.5. The summed E-state index contributed by atoms with van der Waals surface area (Å²) in [5.74, 6) is 0.846. The molecule has 2 atom stereocenters. The van der Waals surface area contributed by atoms with Crippen molar-refractivity contribution >= 4 is 17.6 Å². The number of carbonyl (C=O) groups excluding carboxylic acids is 2. The van der Waals surface area contributed by atoms with E-state index in [9.17, 15) is 9.59 Å². The van der Waals surface area contributed by atoms with Crippen molar-refractivity contribution in [3.63, 3.8) is 0 Å². The minimum Gasteiger partial charge on any atom is -0.497 e. The highest BCUT2D eigenvalue weighted by molar-refractivity contribution is 5.90. The Hall–Kier alpha value is -3.84. The number of hydrogen-bond donors (Lipinski definition) is 2. The van der Waals surface area contributed by atoms with Gasteiger partial charge < -0.3 is 19.9 Å². The summed E-state index contributed by atoms with van der Waals surface area (Å²) in [6.07, 6.45) is 2.05. The second-order valence-electron chi connectivity index (χ2n) is 9.50. The lowest BCUT2D eigenvalue weighted by Crippen LogP contribution is -2.63. The van der Waals surface area contributed by atoms with E-state index < -0.39 is 5.66 Å². The molecule has 0 saturated carbocycles. The molecule has 2 aliphatic rings. The molecular formula is C29H32N4O3. The standard InChI is InChI=1S/C29H32N4O3/c1-36-26-14-12-24(13-15-26)31-28(35)32-17-16-29(19-25(32)18-22-8-4-2-5-9-22)30-20-27(34)33(29)21-23-10-6-3-7-11-23/h2-15,25,30H,16-21H2,1H3,(H,31,35). The highest BCUT2D eigenvalue weighted by atomic mass is 16.5. The van der Waals surface area contributed by atoms with Crippen LogP contribution < -0.4 is 15.4 Å². The van der Waals surface area contributed by atoms with Crippen LogP contribution in [0.5, 0.6) is 5.75 Å². The van der Waals surface area contributed by atoms with Gasteiger partial charge in [0.15, 0.2) is 0 Å². The van der Waals surface area contributed by atoms with E-state index in [1.165, 1.54) is 5.56 Å². The minimum absolute atomic E-state index is 0.0731. The number of nitrogens with one attached hydrogen (secondary N) is 2. The van der Waals surface area contributed by atoms with Gasteiger partial charge >= 0.3 is 6.03 Å². The fourth-order valence-electron chi connectivity index (χ4n) is 5.38. The van der Waals surface area contributed by atoms with Crippen LogP contribution in [0.4, 0.5) is 10.5 Å². The number of piperidine rings is 1. The largest absolute Gasteiger partial charge is 0.497 e. The summed E-state index contributed by atoms with van der Waals surface area (Å²) in [5.41, 5.74) is 2.52. The average Bonchev–Trinajstić information content (AvgIpc) is 3.20.